The molecule has 28 heavy (non-hydrogen) atoms. The highest BCUT2D eigenvalue weighted by Crippen LogP contribution is 2.23. The van der Waals surface area contributed by atoms with Crippen molar-refractivity contribution < 1.29 is 9.90 Å². The van der Waals surface area contributed by atoms with Crippen molar-refractivity contribution >= 4 is 5.97 Å². The van der Waals surface area contributed by atoms with Crippen LogP contribution >= 0.6 is 0 Å². The van der Waals surface area contributed by atoms with Gasteiger partial charge in [0, 0.05) is 31.1 Å². The molecule has 2 heterocycles. The van der Waals surface area contributed by atoms with Crippen molar-refractivity contribution in [2.75, 3.05) is 0 Å². The van der Waals surface area contributed by atoms with Gasteiger partial charge >= 0.3 is 5.97 Å². The summed E-state index contributed by atoms with van der Waals surface area (Å²) in [6, 6.07) is 11.5. The SMILES string of the molecule is CCCCn1nc(CCC)nc1Cc1ccc(-c2cccnc2C(=O)O)cc1. The van der Waals surface area contributed by atoms with Gasteiger partial charge < -0.3 is 5.11 Å². The Morgan fingerprint density at radius 2 is 1.89 bits per heavy atom. The third-order valence-electron chi connectivity index (χ3n) is 4.63. The number of nitrogens with zero attached hydrogens (tertiary/aromatic N) is 4. The van der Waals surface area contributed by atoms with E-state index in [9.17, 15) is 9.90 Å². The van der Waals surface area contributed by atoms with E-state index in [2.05, 4.69) is 23.9 Å². The Bertz CT molecular complexity index is 932. The van der Waals surface area contributed by atoms with E-state index >= 15 is 0 Å². The minimum absolute atomic E-state index is 0.0683. The predicted molar refractivity (Wildman–Crippen MR) is 108 cm³/mol. The molecule has 0 amide bonds. The van der Waals surface area contributed by atoms with Gasteiger partial charge in [0.15, 0.2) is 11.5 Å². The molecular weight excluding hydrogens is 352 g/mol. The number of benzene rings is 1. The number of carboxylic acid groups (broad SMARTS) is 1. The van der Waals surface area contributed by atoms with Crippen molar-refractivity contribution in [3.05, 3.63) is 65.5 Å². The third-order valence-corrected chi connectivity index (χ3v) is 4.63. The molecule has 0 saturated carbocycles. The summed E-state index contributed by atoms with van der Waals surface area (Å²) in [6.45, 7) is 5.19. The maximum Gasteiger partial charge on any atom is 0.355 e. The number of hydrogen-bond acceptors (Lipinski definition) is 4. The van der Waals surface area contributed by atoms with Gasteiger partial charge in [0.05, 0.1) is 0 Å². The maximum absolute atomic E-state index is 11.4. The van der Waals surface area contributed by atoms with E-state index in [1.165, 1.54) is 6.20 Å². The van der Waals surface area contributed by atoms with Crippen molar-refractivity contribution in [2.24, 2.45) is 0 Å². The molecule has 0 atom stereocenters. The van der Waals surface area contributed by atoms with Crippen LogP contribution in [-0.4, -0.2) is 30.8 Å². The van der Waals surface area contributed by atoms with Gasteiger partial charge in [-0.1, -0.05) is 50.6 Å². The van der Waals surface area contributed by atoms with Crippen molar-refractivity contribution in [2.45, 2.75) is 52.5 Å². The molecule has 0 aliphatic rings. The summed E-state index contributed by atoms with van der Waals surface area (Å²) in [5.74, 6) is 0.871. The Morgan fingerprint density at radius 3 is 2.57 bits per heavy atom. The number of aryl methyl sites for hydroxylation is 2. The summed E-state index contributed by atoms with van der Waals surface area (Å²) < 4.78 is 2.03. The molecule has 0 radical (unpaired) electrons. The van der Waals surface area contributed by atoms with E-state index in [0.717, 1.165) is 55.0 Å². The Morgan fingerprint density at radius 1 is 1.11 bits per heavy atom. The van der Waals surface area contributed by atoms with Crippen LogP contribution in [0, 0.1) is 0 Å². The predicted octanol–water partition coefficient (Wildman–Crippen LogP) is 4.38. The van der Waals surface area contributed by atoms with Gasteiger partial charge in [-0.15, -0.1) is 0 Å². The summed E-state index contributed by atoms with van der Waals surface area (Å²) in [5.41, 5.74) is 2.66. The van der Waals surface area contributed by atoms with E-state index in [-0.39, 0.29) is 5.69 Å². The van der Waals surface area contributed by atoms with E-state index in [1.54, 1.807) is 12.1 Å². The van der Waals surface area contributed by atoms with Crippen molar-refractivity contribution in [1.29, 1.82) is 0 Å². The van der Waals surface area contributed by atoms with Crippen LogP contribution in [0.1, 0.15) is 60.8 Å². The van der Waals surface area contributed by atoms with E-state index in [0.29, 0.717) is 12.0 Å². The Balaban J connectivity index is 1.82. The van der Waals surface area contributed by atoms with Crippen LogP contribution in [0.25, 0.3) is 11.1 Å². The smallest absolute Gasteiger partial charge is 0.355 e. The summed E-state index contributed by atoms with van der Waals surface area (Å²) in [7, 11) is 0. The van der Waals surface area contributed by atoms with Crippen LogP contribution in [0.3, 0.4) is 0 Å². The van der Waals surface area contributed by atoms with Gasteiger partial charge in [-0.05, 0) is 30.0 Å². The van der Waals surface area contributed by atoms with Crippen LogP contribution < -0.4 is 0 Å². The van der Waals surface area contributed by atoms with Gasteiger partial charge in [0.1, 0.15) is 5.82 Å². The molecule has 1 N–H and O–H groups in total. The molecule has 0 spiro atoms. The first-order chi connectivity index (χ1) is 13.6. The number of carbonyl (C=O) groups is 1. The lowest BCUT2D eigenvalue weighted by atomic mass is 10.0. The zero-order chi connectivity index (χ0) is 19.9. The lowest BCUT2D eigenvalue weighted by Crippen LogP contribution is -2.06. The second kappa shape index (κ2) is 9.26. The molecule has 1 aromatic carbocycles. The molecule has 3 rings (SSSR count). The van der Waals surface area contributed by atoms with Crippen LogP contribution in [0.2, 0.25) is 0 Å². The lowest BCUT2D eigenvalue weighted by Gasteiger charge is -2.08. The number of unbranched alkanes of at least 4 members (excludes halogenated alkanes) is 1. The number of hydrogen-bond donors (Lipinski definition) is 1. The first-order valence-electron chi connectivity index (χ1n) is 9.82. The van der Waals surface area contributed by atoms with Crippen LogP contribution in [0.15, 0.2) is 42.6 Å². The third kappa shape index (κ3) is 4.63. The second-order valence-corrected chi connectivity index (χ2v) is 6.85. The van der Waals surface area contributed by atoms with Crippen LogP contribution in [0.5, 0.6) is 0 Å². The van der Waals surface area contributed by atoms with Crippen molar-refractivity contribution in [3.8, 4) is 11.1 Å². The molecule has 0 fully saturated rings. The molecule has 0 aliphatic heterocycles. The normalized spacial score (nSPS) is 10.9. The molecule has 0 bridgehead atoms. The summed E-state index contributed by atoms with van der Waals surface area (Å²) in [6.07, 6.45) is 6.33. The highest BCUT2D eigenvalue weighted by molar-refractivity contribution is 5.93. The molecule has 2 aromatic heterocycles. The van der Waals surface area contributed by atoms with Crippen molar-refractivity contribution in [1.82, 2.24) is 19.7 Å². The summed E-state index contributed by atoms with van der Waals surface area (Å²) in [4.78, 5) is 20.1. The van der Waals surface area contributed by atoms with E-state index in [4.69, 9.17) is 4.98 Å². The Kier molecular flexibility index (Phi) is 6.53. The van der Waals surface area contributed by atoms with Gasteiger partial charge in [-0.2, -0.15) is 5.10 Å². The van der Waals surface area contributed by atoms with Crippen molar-refractivity contribution in [3.63, 3.8) is 0 Å². The van der Waals surface area contributed by atoms with E-state index in [1.807, 2.05) is 28.9 Å². The number of aromatic nitrogens is 4. The van der Waals surface area contributed by atoms with Gasteiger partial charge in [0.25, 0.3) is 0 Å². The first-order valence-corrected chi connectivity index (χ1v) is 9.82. The van der Waals surface area contributed by atoms with E-state index < -0.39 is 5.97 Å². The minimum Gasteiger partial charge on any atom is -0.476 e. The highest BCUT2D eigenvalue weighted by atomic mass is 16.4. The summed E-state index contributed by atoms with van der Waals surface area (Å²) in [5, 5.41) is 14.0. The summed E-state index contributed by atoms with van der Waals surface area (Å²) >= 11 is 0. The number of rotatable bonds is 9. The Hall–Kier alpha value is -3.02. The fourth-order valence-corrected chi connectivity index (χ4v) is 3.17. The number of carboxylic acids is 1. The molecule has 6 heteroatoms. The van der Waals surface area contributed by atoms with Crippen LogP contribution in [-0.2, 0) is 19.4 Å². The maximum atomic E-state index is 11.4. The largest absolute Gasteiger partial charge is 0.476 e. The monoisotopic (exact) mass is 378 g/mol. The molecule has 6 nitrogen and oxygen atoms in total. The first kappa shape index (κ1) is 19.7. The lowest BCUT2D eigenvalue weighted by molar-refractivity contribution is 0.0691. The average molecular weight is 378 g/mol. The molecule has 0 aliphatic carbocycles. The Labute approximate surface area is 165 Å². The molecule has 3 aromatic rings. The minimum atomic E-state index is -1.02. The standard InChI is InChI=1S/C22H26N4O2/c1-3-5-14-26-20(24-19(25-26)7-4-2)15-16-9-11-17(12-10-16)18-8-6-13-23-21(18)22(27)28/h6,8-13H,3-5,7,14-15H2,1-2H3,(H,27,28). The number of pyridine rings is 1. The molecule has 146 valence electrons. The molecular formula is C22H26N4O2. The molecule has 0 saturated heterocycles. The quantitative estimate of drug-likeness (QED) is 0.597. The zero-order valence-corrected chi connectivity index (χ0v) is 16.4. The average Bonchev–Trinajstić information content (AvgIpc) is 3.08. The van der Waals surface area contributed by atoms with Gasteiger partial charge in [-0.3, -0.25) is 0 Å². The van der Waals surface area contributed by atoms with Gasteiger partial charge in [-0.25, -0.2) is 19.4 Å². The number of aromatic carboxylic acids is 1. The van der Waals surface area contributed by atoms with Gasteiger partial charge in [0.2, 0.25) is 0 Å². The highest BCUT2D eigenvalue weighted by Gasteiger charge is 2.13. The fourth-order valence-electron chi connectivity index (χ4n) is 3.17. The van der Waals surface area contributed by atoms with Crippen LogP contribution in [0.4, 0.5) is 0 Å². The fraction of sp³-hybridized carbons (Fsp3) is 0.364. The zero-order valence-electron chi connectivity index (χ0n) is 16.4. The second-order valence-electron chi connectivity index (χ2n) is 6.85. The molecule has 0 unspecified atom stereocenters. The topological polar surface area (TPSA) is 80.9 Å².